The Morgan fingerprint density at radius 2 is 2.19 bits per heavy atom. The van der Waals surface area contributed by atoms with Crippen LogP contribution in [0.4, 0.5) is 0 Å². The van der Waals surface area contributed by atoms with Gasteiger partial charge in [0.1, 0.15) is 17.7 Å². The Hall–Kier alpha value is -2.43. The SMILES string of the molecule is CCCn1ncnc1CC(=O)c1cc2cc(C)ccc2o1. The summed E-state index contributed by atoms with van der Waals surface area (Å²) in [6.45, 7) is 4.85. The molecule has 0 amide bonds. The van der Waals surface area contributed by atoms with Crippen LogP contribution in [0.25, 0.3) is 11.0 Å². The van der Waals surface area contributed by atoms with Gasteiger partial charge in [-0.1, -0.05) is 18.6 Å². The number of fused-ring (bicyclic) bond motifs is 1. The highest BCUT2D eigenvalue weighted by atomic mass is 16.3. The van der Waals surface area contributed by atoms with E-state index < -0.39 is 0 Å². The summed E-state index contributed by atoms with van der Waals surface area (Å²) in [6.07, 6.45) is 2.65. The lowest BCUT2D eigenvalue weighted by molar-refractivity contribution is 0.0964. The average molecular weight is 283 g/mol. The quantitative estimate of drug-likeness (QED) is 0.675. The van der Waals surface area contributed by atoms with Gasteiger partial charge < -0.3 is 4.42 Å². The molecule has 0 aliphatic rings. The van der Waals surface area contributed by atoms with E-state index in [2.05, 4.69) is 17.0 Å². The molecule has 0 N–H and O–H groups in total. The fourth-order valence-corrected chi connectivity index (χ4v) is 2.35. The average Bonchev–Trinajstić information content (AvgIpc) is 3.06. The molecule has 0 saturated heterocycles. The van der Waals surface area contributed by atoms with Crippen molar-refractivity contribution in [3.05, 3.63) is 47.7 Å². The molecular weight excluding hydrogens is 266 g/mol. The van der Waals surface area contributed by atoms with E-state index in [9.17, 15) is 4.79 Å². The molecule has 0 fully saturated rings. The van der Waals surface area contributed by atoms with Crippen LogP contribution in [0.1, 0.15) is 35.3 Å². The number of benzene rings is 1. The molecule has 0 atom stereocenters. The number of aromatic nitrogens is 3. The van der Waals surface area contributed by atoms with Crippen molar-refractivity contribution in [2.75, 3.05) is 0 Å². The van der Waals surface area contributed by atoms with Gasteiger partial charge in [-0.05, 0) is 31.5 Å². The largest absolute Gasteiger partial charge is 0.453 e. The Morgan fingerprint density at radius 3 is 3.00 bits per heavy atom. The summed E-state index contributed by atoms with van der Waals surface area (Å²) >= 11 is 0. The van der Waals surface area contributed by atoms with Crippen LogP contribution < -0.4 is 0 Å². The highest BCUT2D eigenvalue weighted by Crippen LogP contribution is 2.21. The van der Waals surface area contributed by atoms with Crippen molar-refractivity contribution in [3.8, 4) is 0 Å². The summed E-state index contributed by atoms with van der Waals surface area (Å²) in [5, 5.41) is 5.08. The molecule has 5 nitrogen and oxygen atoms in total. The second-order valence-electron chi connectivity index (χ2n) is 5.15. The minimum atomic E-state index is -0.0748. The summed E-state index contributed by atoms with van der Waals surface area (Å²) in [5.74, 6) is 0.981. The van der Waals surface area contributed by atoms with Crippen LogP contribution in [0.3, 0.4) is 0 Å². The lowest BCUT2D eigenvalue weighted by Crippen LogP contribution is -2.11. The molecule has 0 saturated carbocycles. The monoisotopic (exact) mass is 283 g/mol. The van der Waals surface area contributed by atoms with E-state index in [0.717, 1.165) is 29.5 Å². The fourth-order valence-electron chi connectivity index (χ4n) is 2.35. The van der Waals surface area contributed by atoms with E-state index in [1.807, 2.05) is 25.1 Å². The van der Waals surface area contributed by atoms with Crippen molar-refractivity contribution in [3.63, 3.8) is 0 Å². The van der Waals surface area contributed by atoms with Gasteiger partial charge in [-0.25, -0.2) is 9.67 Å². The van der Waals surface area contributed by atoms with Gasteiger partial charge in [0.05, 0.1) is 6.42 Å². The predicted octanol–water partition coefficient (Wildman–Crippen LogP) is 3.17. The van der Waals surface area contributed by atoms with Gasteiger partial charge >= 0.3 is 0 Å². The Bertz CT molecular complexity index is 786. The zero-order valence-corrected chi connectivity index (χ0v) is 12.2. The third-order valence-electron chi connectivity index (χ3n) is 3.40. The van der Waals surface area contributed by atoms with Gasteiger partial charge in [-0.2, -0.15) is 5.10 Å². The molecule has 21 heavy (non-hydrogen) atoms. The number of ketones is 1. The van der Waals surface area contributed by atoms with Gasteiger partial charge in [0, 0.05) is 11.9 Å². The van der Waals surface area contributed by atoms with Gasteiger partial charge in [0.25, 0.3) is 0 Å². The number of hydrogen-bond donors (Lipinski definition) is 0. The Kier molecular flexibility index (Phi) is 3.56. The minimum absolute atomic E-state index is 0.0748. The number of carbonyl (C=O) groups excluding carboxylic acids is 1. The van der Waals surface area contributed by atoms with Crippen LogP contribution >= 0.6 is 0 Å². The van der Waals surface area contributed by atoms with Crippen molar-refractivity contribution in [2.24, 2.45) is 0 Å². The molecule has 2 aromatic heterocycles. The van der Waals surface area contributed by atoms with Gasteiger partial charge in [-0.15, -0.1) is 0 Å². The molecule has 0 aliphatic carbocycles. The molecule has 0 spiro atoms. The minimum Gasteiger partial charge on any atom is -0.453 e. The van der Waals surface area contributed by atoms with E-state index >= 15 is 0 Å². The molecule has 0 bridgehead atoms. The second-order valence-corrected chi connectivity index (χ2v) is 5.15. The number of aryl methyl sites for hydroxylation is 2. The van der Waals surface area contributed by atoms with Crippen LogP contribution in [0.5, 0.6) is 0 Å². The second kappa shape index (κ2) is 5.52. The topological polar surface area (TPSA) is 60.9 Å². The highest BCUT2D eigenvalue weighted by Gasteiger charge is 2.16. The first-order valence-electron chi connectivity index (χ1n) is 7.07. The first kappa shape index (κ1) is 13.5. The van der Waals surface area contributed by atoms with Crippen molar-refractivity contribution in [1.29, 1.82) is 0 Å². The Balaban J connectivity index is 1.84. The standard InChI is InChI=1S/C16H17N3O2/c1-3-6-19-16(17-10-18-19)9-13(20)15-8-12-7-11(2)4-5-14(12)21-15/h4-5,7-8,10H,3,6,9H2,1-2H3. The summed E-state index contributed by atoms with van der Waals surface area (Å²) in [6, 6.07) is 7.67. The maximum absolute atomic E-state index is 12.3. The number of nitrogens with zero attached hydrogens (tertiary/aromatic N) is 3. The van der Waals surface area contributed by atoms with E-state index in [1.54, 1.807) is 10.7 Å². The van der Waals surface area contributed by atoms with E-state index in [-0.39, 0.29) is 12.2 Å². The first-order chi connectivity index (χ1) is 10.2. The van der Waals surface area contributed by atoms with E-state index in [0.29, 0.717) is 11.6 Å². The zero-order valence-electron chi connectivity index (χ0n) is 12.2. The van der Waals surface area contributed by atoms with Crippen molar-refractivity contribution < 1.29 is 9.21 Å². The van der Waals surface area contributed by atoms with Crippen molar-refractivity contribution >= 4 is 16.8 Å². The molecule has 5 heteroatoms. The lowest BCUT2D eigenvalue weighted by Gasteiger charge is -2.02. The zero-order chi connectivity index (χ0) is 14.8. The number of rotatable bonds is 5. The lowest BCUT2D eigenvalue weighted by atomic mass is 10.1. The van der Waals surface area contributed by atoms with Crippen LogP contribution in [0, 0.1) is 6.92 Å². The normalized spacial score (nSPS) is 11.1. The number of hydrogen-bond acceptors (Lipinski definition) is 4. The number of carbonyl (C=O) groups is 1. The molecule has 108 valence electrons. The summed E-state index contributed by atoms with van der Waals surface area (Å²) in [4.78, 5) is 16.5. The molecule has 1 aromatic carbocycles. The molecule has 0 radical (unpaired) electrons. The molecule has 3 rings (SSSR count). The number of Topliss-reactive ketones (excluding diaryl/α,β-unsaturated/α-hetero) is 1. The van der Waals surface area contributed by atoms with E-state index in [4.69, 9.17) is 4.42 Å². The van der Waals surface area contributed by atoms with E-state index in [1.165, 1.54) is 6.33 Å². The van der Waals surface area contributed by atoms with Gasteiger partial charge in [-0.3, -0.25) is 4.79 Å². The van der Waals surface area contributed by atoms with Gasteiger partial charge in [0.2, 0.25) is 5.78 Å². The highest BCUT2D eigenvalue weighted by molar-refractivity contribution is 5.98. The first-order valence-corrected chi connectivity index (χ1v) is 7.07. The molecule has 3 aromatic rings. The predicted molar refractivity (Wildman–Crippen MR) is 79.3 cm³/mol. The third-order valence-corrected chi connectivity index (χ3v) is 3.40. The Labute approximate surface area is 122 Å². The molecule has 2 heterocycles. The number of furan rings is 1. The Morgan fingerprint density at radius 1 is 1.33 bits per heavy atom. The molecular formula is C16H17N3O2. The molecule has 0 aliphatic heterocycles. The maximum atomic E-state index is 12.3. The third kappa shape index (κ3) is 2.72. The van der Waals surface area contributed by atoms with Gasteiger partial charge in [0.15, 0.2) is 5.76 Å². The maximum Gasteiger partial charge on any atom is 0.205 e. The van der Waals surface area contributed by atoms with Crippen molar-refractivity contribution in [1.82, 2.24) is 14.8 Å². The van der Waals surface area contributed by atoms with Crippen LogP contribution in [-0.4, -0.2) is 20.5 Å². The summed E-state index contributed by atoms with van der Waals surface area (Å²) in [7, 11) is 0. The smallest absolute Gasteiger partial charge is 0.205 e. The van der Waals surface area contributed by atoms with Crippen LogP contribution in [0.2, 0.25) is 0 Å². The van der Waals surface area contributed by atoms with Crippen molar-refractivity contribution in [2.45, 2.75) is 33.2 Å². The fraction of sp³-hybridized carbons (Fsp3) is 0.312. The van der Waals surface area contributed by atoms with Crippen LogP contribution in [0.15, 0.2) is 35.0 Å². The summed E-state index contributed by atoms with van der Waals surface area (Å²) < 4.78 is 7.40. The molecule has 0 unspecified atom stereocenters. The van der Waals surface area contributed by atoms with Crippen LogP contribution in [-0.2, 0) is 13.0 Å². The summed E-state index contributed by atoms with van der Waals surface area (Å²) in [5.41, 5.74) is 1.88.